The summed E-state index contributed by atoms with van der Waals surface area (Å²) < 4.78 is 6.26. The Morgan fingerprint density at radius 1 is 1.34 bits per heavy atom. The van der Waals surface area contributed by atoms with E-state index in [1.807, 2.05) is 11.8 Å². The number of hydrogen-bond donors (Lipinski definition) is 3. The highest BCUT2D eigenvalue weighted by molar-refractivity contribution is 5.96. The van der Waals surface area contributed by atoms with E-state index in [1.54, 1.807) is 13.8 Å². The zero-order valence-electron chi connectivity index (χ0n) is 16.9. The van der Waals surface area contributed by atoms with Crippen molar-refractivity contribution < 1.29 is 14.4 Å². The molecule has 0 bridgehead atoms. The molecular formula is C19H27N5O5. The first kappa shape index (κ1) is 21.0. The molecule has 1 aliphatic rings. The number of amides is 1. The number of aromatic nitrogens is 3. The van der Waals surface area contributed by atoms with Crippen LogP contribution in [0.5, 0.6) is 0 Å². The van der Waals surface area contributed by atoms with Gasteiger partial charge in [0.1, 0.15) is 11.3 Å². The Kier molecular flexibility index (Phi) is 6.33. The summed E-state index contributed by atoms with van der Waals surface area (Å²) in [4.78, 5) is 41.3. The van der Waals surface area contributed by atoms with E-state index in [9.17, 15) is 19.5 Å². The van der Waals surface area contributed by atoms with Gasteiger partial charge >= 0.3 is 5.69 Å². The van der Waals surface area contributed by atoms with Gasteiger partial charge in [0.2, 0.25) is 0 Å². The largest absolute Gasteiger partial charge is 0.392 e. The summed E-state index contributed by atoms with van der Waals surface area (Å²) in [5, 5.41) is 17.1. The fraction of sp³-hybridized carbons (Fsp3) is 0.579. The minimum Gasteiger partial charge on any atom is -0.392 e. The lowest BCUT2D eigenvalue weighted by atomic mass is 10.0. The SMILES string of the molecule is CCc1noc(C)c1C(=O)N[C@H]1C[C@@H](O)CN(CCn2c(=O)cc(C)[nH]c2=O)C1. The van der Waals surface area contributed by atoms with Crippen LogP contribution in [0.15, 0.2) is 20.2 Å². The zero-order chi connectivity index (χ0) is 21.1. The summed E-state index contributed by atoms with van der Waals surface area (Å²) in [7, 11) is 0. The number of nitrogens with one attached hydrogen (secondary N) is 2. The van der Waals surface area contributed by atoms with Crippen LogP contribution >= 0.6 is 0 Å². The fourth-order valence-electron chi connectivity index (χ4n) is 3.75. The molecule has 2 aromatic heterocycles. The van der Waals surface area contributed by atoms with E-state index in [1.165, 1.54) is 6.07 Å². The van der Waals surface area contributed by atoms with Gasteiger partial charge in [-0.05, 0) is 26.7 Å². The predicted molar refractivity (Wildman–Crippen MR) is 105 cm³/mol. The molecule has 0 aliphatic carbocycles. The summed E-state index contributed by atoms with van der Waals surface area (Å²) in [5.41, 5.74) is 0.752. The minimum atomic E-state index is -0.615. The van der Waals surface area contributed by atoms with Gasteiger partial charge in [-0.3, -0.25) is 19.1 Å². The number of piperidine rings is 1. The van der Waals surface area contributed by atoms with Crippen molar-refractivity contribution in [3.8, 4) is 0 Å². The first-order chi connectivity index (χ1) is 13.8. The number of β-amino-alcohol motifs (C(OH)–C–C–N with tert-alkyl or cyclic N) is 1. The van der Waals surface area contributed by atoms with Gasteiger partial charge in [0.25, 0.3) is 11.5 Å². The molecular weight excluding hydrogens is 378 g/mol. The molecule has 10 nitrogen and oxygen atoms in total. The standard InChI is InChI=1S/C19H27N5O5/c1-4-15-17(12(3)29-22-15)18(27)21-13-8-14(25)10-23(9-13)5-6-24-16(26)7-11(2)20-19(24)28/h7,13-14,25H,4-6,8-10H2,1-3H3,(H,20,28)(H,21,27)/t13-,14+/m0/s1. The molecule has 0 aromatic carbocycles. The highest BCUT2D eigenvalue weighted by Gasteiger charge is 2.29. The molecule has 1 amide bonds. The summed E-state index contributed by atoms with van der Waals surface area (Å²) in [6.45, 7) is 6.77. The average Bonchev–Trinajstić information content (AvgIpc) is 3.01. The van der Waals surface area contributed by atoms with Crippen molar-refractivity contribution in [3.05, 3.63) is 49.6 Å². The molecule has 0 saturated carbocycles. The van der Waals surface area contributed by atoms with Gasteiger partial charge in [0.05, 0.1) is 11.8 Å². The van der Waals surface area contributed by atoms with Gasteiger partial charge in [-0.25, -0.2) is 4.79 Å². The van der Waals surface area contributed by atoms with Crippen molar-refractivity contribution in [2.45, 2.75) is 52.3 Å². The zero-order valence-corrected chi connectivity index (χ0v) is 16.9. The number of H-pyrrole nitrogens is 1. The van der Waals surface area contributed by atoms with Crippen molar-refractivity contribution >= 4 is 5.91 Å². The van der Waals surface area contributed by atoms with E-state index in [0.29, 0.717) is 55.2 Å². The first-order valence-corrected chi connectivity index (χ1v) is 9.75. The summed E-state index contributed by atoms with van der Waals surface area (Å²) in [6, 6.07) is 1.11. The molecule has 3 heterocycles. The molecule has 2 aromatic rings. The van der Waals surface area contributed by atoms with E-state index in [-0.39, 0.29) is 24.1 Å². The highest BCUT2D eigenvalue weighted by atomic mass is 16.5. The van der Waals surface area contributed by atoms with Crippen molar-refractivity contribution in [2.24, 2.45) is 0 Å². The lowest BCUT2D eigenvalue weighted by molar-refractivity contribution is 0.0475. The van der Waals surface area contributed by atoms with Gasteiger partial charge in [-0.15, -0.1) is 0 Å². The maximum atomic E-state index is 12.7. The number of aliphatic hydroxyl groups excluding tert-OH is 1. The number of hydrogen-bond acceptors (Lipinski definition) is 7. The Balaban J connectivity index is 1.65. The van der Waals surface area contributed by atoms with Crippen LogP contribution in [-0.2, 0) is 13.0 Å². The third-order valence-electron chi connectivity index (χ3n) is 5.13. The van der Waals surface area contributed by atoms with Crippen LogP contribution in [0, 0.1) is 13.8 Å². The molecule has 0 spiro atoms. The summed E-state index contributed by atoms with van der Waals surface area (Å²) in [5.74, 6) is 0.191. The molecule has 0 radical (unpaired) electrons. The van der Waals surface area contributed by atoms with E-state index >= 15 is 0 Å². The second-order valence-corrected chi connectivity index (χ2v) is 7.48. The molecule has 10 heteroatoms. The molecule has 1 fully saturated rings. The molecule has 1 saturated heterocycles. The molecule has 3 N–H and O–H groups in total. The van der Waals surface area contributed by atoms with Gasteiger partial charge in [0, 0.05) is 44.0 Å². The van der Waals surface area contributed by atoms with Gasteiger partial charge in [-0.2, -0.15) is 0 Å². The minimum absolute atomic E-state index is 0.201. The lowest BCUT2D eigenvalue weighted by Crippen LogP contribution is -2.53. The van der Waals surface area contributed by atoms with Crippen LogP contribution in [0.4, 0.5) is 0 Å². The third kappa shape index (κ3) is 4.83. The molecule has 2 atom stereocenters. The van der Waals surface area contributed by atoms with E-state index in [0.717, 1.165) is 4.57 Å². The number of likely N-dealkylation sites (tertiary alicyclic amines) is 1. The Morgan fingerprint density at radius 2 is 2.10 bits per heavy atom. The van der Waals surface area contributed by atoms with Gasteiger partial charge < -0.3 is 19.9 Å². The van der Waals surface area contributed by atoms with E-state index in [4.69, 9.17) is 4.52 Å². The molecule has 0 unspecified atom stereocenters. The quantitative estimate of drug-likeness (QED) is 0.594. The van der Waals surface area contributed by atoms with Crippen molar-refractivity contribution in [1.82, 2.24) is 24.9 Å². The van der Waals surface area contributed by atoms with Gasteiger partial charge in [-0.1, -0.05) is 12.1 Å². The number of aryl methyl sites for hydroxylation is 3. The second kappa shape index (κ2) is 8.75. The van der Waals surface area contributed by atoms with Crippen LogP contribution in [0.3, 0.4) is 0 Å². The van der Waals surface area contributed by atoms with E-state index < -0.39 is 11.8 Å². The predicted octanol–water partition coefficient (Wildman–Crippen LogP) is -0.431. The Morgan fingerprint density at radius 3 is 2.79 bits per heavy atom. The first-order valence-electron chi connectivity index (χ1n) is 9.75. The molecule has 29 heavy (non-hydrogen) atoms. The summed E-state index contributed by atoms with van der Waals surface area (Å²) in [6.07, 6.45) is 0.398. The number of aromatic amines is 1. The highest BCUT2D eigenvalue weighted by Crippen LogP contribution is 2.16. The monoisotopic (exact) mass is 405 g/mol. The molecule has 158 valence electrons. The second-order valence-electron chi connectivity index (χ2n) is 7.48. The Bertz CT molecular complexity index is 960. The topological polar surface area (TPSA) is 133 Å². The van der Waals surface area contributed by atoms with Crippen molar-refractivity contribution in [3.63, 3.8) is 0 Å². The number of carbonyl (C=O) groups excluding carboxylic acids is 1. The maximum absolute atomic E-state index is 12.7. The number of carbonyl (C=O) groups is 1. The normalized spacial score (nSPS) is 20.0. The number of nitrogens with zero attached hydrogens (tertiary/aromatic N) is 3. The Hall–Kier alpha value is -2.72. The van der Waals surface area contributed by atoms with E-state index in [2.05, 4.69) is 15.5 Å². The van der Waals surface area contributed by atoms with Gasteiger partial charge in [0.15, 0.2) is 0 Å². The smallest absolute Gasteiger partial charge is 0.328 e. The fourth-order valence-corrected chi connectivity index (χ4v) is 3.75. The van der Waals surface area contributed by atoms with Crippen LogP contribution < -0.4 is 16.6 Å². The van der Waals surface area contributed by atoms with Crippen molar-refractivity contribution in [2.75, 3.05) is 19.6 Å². The maximum Gasteiger partial charge on any atom is 0.328 e. The molecule has 3 rings (SSSR count). The summed E-state index contributed by atoms with van der Waals surface area (Å²) >= 11 is 0. The van der Waals surface area contributed by atoms with Crippen molar-refractivity contribution in [1.29, 1.82) is 0 Å². The Labute approximate surface area is 167 Å². The third-order valence-corrected chi connectivity index (χ3v) is 5.13. The number of rotatable bonds is 6. The average molecular weight is 405 g/mol. The molecule has 1 aliphatic heterocycles. The lowest BCUT2D eigenvalue weighted by Gasteiger charge is -2.36. The number of aliphatic hydroxyl groups is 1. The van der Waals surface area contributed by atoms with Crippen LogP contribution in [0.25, 0.3) is 0 Å². The van der Waals surface area contributed by atoms with Crippen LogP contribution in [0.1, 0.15) is 40.9 Å². The van der Waals surface area contributed by atoms with Crippen LogP contribution in [0.2, 0.25) is 0 Å². The van der Waals surface area contributed by atoms with Crippen LogP contribution in [-0.4, -0.2) is 62.4 Å².